The first-order valence-electron chi connectivity index (χ1n) is 6.40. The van der Waals surface area contributed by atoms with Gasteiger partial charge in [0.05, 0.1) is 4.92 Å². The van der Waals surface area contributed by atoms with Crippen LogP contribution in [0.15, 0.2) is 24.3 Å². The Hall–Kier alpha value is -2.15. The summed E-state index contributed by atoms with van der Waals surface area (Å²) in [6.45, 7) is 2.81. The van der Waals surface area contributed by atoms with Gasteiger partial charge in [0, 0.05) is 32.2 Å². The van der Waals surface area contributed by atoms with Gasteiger partial charge in [-0.05, 0) is 13.1 Å². The van der Waals surface area contributed by atoms with Crippen molar-refractivity contribution < 1.29 is 14.5 Å². The van der Waals surface area contributed by atoms with Crippen LogP contribution >= 0.6 is 0 Å². The molecule has 0 bridgehead atoms. The lowest BCUT2D eigenvalue weighted by Crippen LogP contribution is -2.48. The standard InChI is InChI=1S/C13H17N3O4/c1-14-6-8-15(9-7-14)13(17)10-20-12-5-3-2-4-11(12)16(18)19/h2-5H,6-10H2,1H3. The highest BCUT2D eigenvalue weighted by atomic mass is 16.6. The lowest BCUT2D eigenvalue weighted by atomic mass is 10.3. The summed E-state index contributed by atoms with van der Waals surface area (Å²) < 4.78 is 5.29. The van der Waals surface area contributed by atoms with E-state index in [0.717, 1.165) is 13.1 Å². The van der Waals surface area contributed by atoms with E-state index in [9.17, 15) is 14.9 Å². The van der Waals surface area contributed by atoms with Crippen molar-refractivity contribution in [3.8, 4) is 5.75 Å². The molecule has 0 aromatic heterocycles. The second kappa shape index (κ2) is 6.33. The Balaban J connectivity index is 1.92. The van der Waals surface area contributed by atoms with E-state index in [1.54, 1.807) is 17.0 Å². The summed E-state index contributed by atoms with van der Waals surface area (Å²) in [6.07, 6.45) is 0. The van der Waals surface area contributed by atoms with E-state index >= 15 is 0 Å². The molecule has 1 aliphatic heterocycles. The summed E-state index contributed by atoms with van der Waals surface area (Å²) in [4.78, 5) is 26.1. The number of nitrogens with zero attached hydrogens (tertiary/aromatic N) is 3. The molecule has 2 rings (SSSR count). The Morgan fingerprint density at radius 3 is 2.60 bits per heavy atom. The van der Waals surface area contributed by atoms with E-state index in [1.165, 1.54) is 12.1 Å². The molecule has 1 heterocycles. The number of benzene rings is 1. The fourth-order valence-electron chi connectivity index (χ4n) is 2.02. The molecule has 1 amide bonds. The molecule has 1 saturated heterocycles. The monoisotopic (exact) mass is 279 g/mol. The number of carbonyl (C=O) groups is 1. The third-order valence-electron chi connectivity index (χ3n) is 3.27. The smallest absolute Gasteiger partial charge is 0.310 e. The Labute approximate surface area is 116 Å². The van der Waals surface area contributed by atoms with E-state index in [4.69, 9.17) is 4.74 Å². The molecule has 20 heavy (non-hydrogen) atoms. The van der Waals surface area contributed by atoms with Crippen molar-refractivity contribution in [2.24, 2.45) is 0 Å². The van der Waals surface area contributed by atoms with Gasteiger partial charge >= 0.3 is 5.69 Å². The largest absolute Gasteiger partial charge is 0.477 e. The van der Waals surface area contributed by atoms with Crippen LogP contribution in [0.3, 0.4) is 0 Å². The number of carbonyl (C=O) groups excluding carboxylic acids is 1. The van der Waals surface area contributed by atoms with Crippen molar-refractivity contribution >= 4 is 11.6 Å². The highest BCUT2D eigenvalue weighted by molar-refractivity contribution is 5.78. The number of para-hydroxylation sites is 2. The number of rotatable bonds is 4. The highest BCUT2D eigenvalue weighted by Gasteiger charge is 2.21. The number of nitro groups is 1. The van der Waals surface area contributed by atoms with Crippen LogP contribution in [0.2, 0.25) is 0 Å². The number of hydrogen-bond acceptors (Lipinski definition) is 5. The summed E-state index contributed by atoms with van der Waals surface area (Å²) in [7, 11) is 2.01. The number of likely N-dealkylation sites (N-methyl/N-ethyl adjacent to an activating group) is 1. The zero-order valence-corrected chi connectivity index (χ0v) is 11.3. The number of piperazine rings is 1. The van der Waals surface area contributed by atoms with Crippen molar-refractivity contribution in [3.63, 3.8) is 0 Å². The van der Waals surface area contributed by atoms with Gasteiger partial charge in [0.2, 0.25) is 0 Å². The maximum atomic E-state index is 12.0. The predicted octanol–water partition coefficient (Wildman–Crippen LogP) is 0.748. The Morgan fingerprint density at radius 1 is 1.30 bits per heavy atom. The molecule has 1 aromatic carbocycles. The number of nitro benzene ring substituents is 1. The zero-order chi connectivity index (χ0) is 14.5. The fourth-order valence-corrected chi connectivity index (χ4v) is 2.02. The molecule has 1 aromatic rings. The maximum absolute atomic E-state index is 12.0. The third-order valence-corrected chi connectivity index (χ3v) is 3.27. The average Bonchev–Trinajstić information content (AvgIpc) is 2.45. The Kier molecular flexibility index (Phi) is 4.52. The Bertz CT molecular complexity index is 498. The minimum absolute atomic E-state index is 0.125. The normalized spacial score (nSPS) is 15.9. The van der Waals surface area contributed by atoms with Crippen LogP contribution < -0.4 is 4.74 Å². The van der Waals surface area contributed by atoms with Crippen LogP contribution in [-0.4, -0.2) is 60.5 Å². The van der Waals surface area contributed by atoms with Crippen LogP contribution in [-0.2, 0) is 4.79 Å². The van der Waals surface area contributed by atoms with Crippen LogP contribution in [0, 0.1) is 10.1 Å². The summed E-state index contributed by atoms with van der Waals surface area (Å²) in [5.41, 5.74) is -0.126. The summed E-state index contributed by atoms with van der Waals surface area (Å²) in [5, 5.41) is 10.8. The number of hydrogen-bond donors (Lipinski definition) is 0. The van der Waals surface area contributed by atoms with Gasteiger partial charge in [-0.2, -0.15) is 0 Å². The second-order valence-corrected chi connectivity index (χ2v) is 4.70. The number of ether oxygens (including phenoxy) is 1. The predicted molar refractivity (Wildman–Crippen MR) is 72.7 cm³/mol. The average molecular weight is 279 g/mol. The molecule has 0 spiro atoms. The second-order valence-electron chi connectivity index (χ2n) is 4.70. The molecule has 0 aliphatic carbocycles. The molecular weight excluding hydrogens is 262 g/mol. The lowest BCUT2D eigenvalue weighted by Gasteiger charge is -2.32. The van der Waals surface area contributed by atoms with E-state index in [0.29, 0.717) is 13.1 Å². The highest BCUT2D eigenvalue weighted by Crippen LogP contribution is 2.25. The lowest BCUT2D eigenvalue weighted by molar-refractivity contribution is -0.385. The first-order valence-corrected chi connectivity index (χ1v) is 6.40. The van der Waals surface area contributed by atoms with Crippen molar-refractivity contribution in [1.82, 2.24) is 9.80 Å². The molecule has 0 unspecified atom stereocenters. The van der Waals surface area contributed by atoms with Crippen molar-refractivity contribution in [1.29, 1.82) is 0 Å². The van der Waals surface area contributed by atoms with E-state index in [2.05, 4.69) is 4.90 Å². The van der Waals surface area contributed by atoms with E-state index in [1.807, 2.05) is 7.05 Å². The maximum Gasteiger partial charge on any atom is 0.310 e. The number of amides is 1. The molecule has 0 saturated carbocycles. The van der Waals surface area contributed by atoms with Crippen LogP contribution in [0.1, 0.15) is 0 Å². The van der Waals surface area contributed by atoms with Gasteiger partial charge < -0.3 is 14.5 Å². The first-order chi connectivity index (χ1) is 9.58. The summed E-state index contributed by atoms with van der Waals surface area (Å²) in [6, 6.07) is 6.06. The Morgan fingerprint density at radius 2 is 1.95 bits per heavy atom. The molecular formula is C13H17N3O4. The molecule has 1 aliphatic rings. The molecule has 7 nitrogen and oxygen atoms in total. The topological polar surface area (TPSA) is 75.9 Å². The molecule has 0 N–H and O–H groups in total. The van der Waals surface area contributed by atoms with Gasteiger partial charge in [0.15, 0.2) is 12.4 Å². The van der Waals surface area contributed by atoms with Gasteiger partial charge in [-0.3, -0.25) is 14.9 Å². The van der Waals surface area contributed by atoms with Gasteiger partial charge in [-0.1, -0.05) is 12.1 Å². The molecule has 108 valence electrons. The van der Waals surface area contributed by atoms with Crippen molar-refractivity contribution in [3.05, 3.63) is 34.4 Å². The van der Waals surface area contributed by atoms with Gasteiger partial charge in [-0.15, -0.1) is 0 Å². The molecule has 1 fully saturated rings. The summed E-state index contributed by atoms with van der Waals surface area (Å²) >= 11 is 0. The summed E-state index contributed by atoms with van der Waals surface area (Å²) in [5.74, 6) is -0.0174. The molecule has 7 heteroatoms. The molecule has 0 radical (unpaired) electrons. The SMILES string of the molecule is CN1CCN(C(=O)COc2ccccc2[N+](=O)[O-])CC1. The van der Waals surface area contributed by atoms with Gasteiger partial charge in [-0.25, -0.2) is 0 Å². The van der Waals surface area contributed by atoms with Crippen molar-refractivity contribution in [2.75, 3.05) is 39.8 Å². The van der Waals surface area contributed by atoms with Crippen LogP contribution in [0.4, 0.5) is 5.69 Å². The quantitative estimate of drug-likeness (QED) is 0.600. The first kappa shape index (κ1) is 14.3. The third kappa shape index (κ3) is 3.45. The van der Waals surface area contributed by atoms with Gasteiger partial charge in [0.1, 0.15) is 0 Å². The van der Waals surface area contributed by atoms with Crippen molar-refractivity contribution in [2.45, 2.75) is 0 Å². The fraction of sp³-hybridized carbons (Fsp3) is 0.462. The minimum atomic E-state index is -0.518. The van der Waals surface area contributed by atoms with Crippen LogP contribution in [0.25, 0.3) is 0 Å². The zero-order valence-electron chi connectivity index (χ0n) is 11.3. The van der Waals surface area contributed by atoms with Crippen LogP contribution in [0.5, 0.6) is 5.75 Å². The van der Waals surface area contributed by atoms with Gasteiger partial charge in [0.25, 0.3) is 5.91 Å². The minimum Gasteiger partial charge on any atom is -0.477 e. The van der Waals surface area contributed by atoms with E-state index < -0.39 is 4.92 Å². The molecule has 0 atom stereocenters. The van der Waals surface area contributed by atoms with E-state index in [-0.39, 0.29) is 24.0 Å².